The molecule has 6 heteroatoms. The molecule has 18 heavy (non-hydrogen) atoms. The Morgan fingerprint density at radius 1 is 1.44 bits per heavy atom. The molecule has 1 rings (SSSR count). The molecule has 0 aromatic carbocycles. The second-order valence-corrected chi connectivity index (χ2v) is 5.17. The molecule has 1 fully saturated rings. The van der Waals surface area contributed by atoms with Crippen molar-refractivity contribution in [2.75, 3.05) is 33.9 Å². The number of likely N-dealkylation sites (N-methyl/N-ethyl adjacent to an activating group) is 1. The van der Waals surface area contributed by atoms with E-state index in [1.165, 1.54) is 0 Å². The molecule has 106 valence electrons. The minimum atomic E-state index is 0.103. The Hall–Kier alpha value is -0.850. The fourth-order valence-corrected chi connectivity index (χ4v) is 2.27. The van der Waals surface area contributed by atoms with Crippen LogP contribution in [-0.2, 0) is 4.74 Å². The number of hydrogen-bond donors (Lipinski definition) is 2. The molecule has 1 aliphatic heterocycles. The van der Waals surface area contributed by atoms with Gasteiger partial charge in [-0.1, -0.05) is 0 Å². The van der Waals surface area contributed by atoms with Gasteiger partial charge in [0.2, 0.25) is 5.96 Å². The summed E-state index contributed by atoms with van der Waals surface area (Å²) in [4.78, 5) is 9.15. The van der Waals surface area contributed by atoms with Gasteiger partial charge >= 0.3 is 0 Å². The van der Waals surface area contributed by atoms with Crippen LogP contribution < -0.4 is 11.3 Å². The number of nitrogens with one attached hydrogen (secondary N) is 1. The maximum absolute atomic E-state index is 5.60. The summed E-state index contributed by atoms with van der Waals surface area (Å²) in [5, 5.41) is 0. The molecule has 0 spiro atoms. The van der Waals surface area contributed by atoms with Gasteiger partial charge in [0.05, 0.1) is 12.6 Å². The monoisotopic (exact) mass is 257 g/mol. The van der Waals surface area contributed by atoms with Crippen molar-refractivity contribution in [2.24, 2.45) is 10.8 Å². The lowest BCUT2D eigenvalue weighted by Gasteiger charge is -2.43. The van der Waals surface area contributed by atoms with Gasteiger partial charge in [0.25, 0.3) is 0 Å². The topological polar surface area (TPSA) is 66.1 Å². The lowest BCUT2D eigenvalue weighted by molar-refractivity contribution is 0.0961. The largest absolute Gasteiger partial charge is 0.382 e. The zero-order chi connectivity index (χ0) is 13.7. The molecule has 3 N–H and O–H groups in total. The van der Waals surface area contributed by atoms with Crippen molar-refractivity contribution in [3.63, 3.8) is 0 Å². The summed E-state index contributed by atoms with van der Waals surface area (Å²) in [5.74, 6) is 6.35. The van der Waals surface area contributed by atoms with Crippen molar-refractivity contribution in [1.82, 2.24) is 15.2 Å². The van der Waals surface area contributed by atoms with Crippen LogP contribution in [0.5, 0.6) is 0 Å². The number of rotatable bonds is 3. The van der Waals surface area contributed by atoms with Gasteiger partial charge in [0, 0.05) is 32.3 Å². The lowest BCUT2D eigenvalue weighted by atomic mass is 10.1. The van der Waals surface area contributed by atoms with Crippen molar-refractivity contribution >= 4 is 5.96 Å². The smallest absolute Gasteiger partial charge is 0.208 e. The van der Waals surface area contributed by atoms with Gasteiger partial charge < -0.3 is 9.64 Å². The van der Waals surface area contributed by atoms with Crippen LogP contribution in [-0.4, -0.2) is 67.7 Å². The number of aliphatic imine (C=N–C) groups is 1. The SMILES string of the molecule is COCC(C)N=C(NN)N1CC(C)N(C)C(C)C1. The molecule has 0 radical (unpaired) electrons. The Kier molecular flexibility index (Phi) is 5.84. The Balaban J connectivity index is 2.71. The number of nitrogens with two attached hydrogens (primary N) is 1. The van der Waals surface area contributed by atoms with Gasteiger partial charge in [0.1, 0.15) is 0 Å². The second kappa shape index (κ2) is 6.92. The molecular weight excluding hydrogens is 230 g/mol. The van der Waals surface area contributed by atoms with Crippen LogP contribution >= 0.6 is 0 Å². The average molecular weight is 257 g/mol. The summed E-state index contributed by atoms with van der Waals surface area (Å²) in [6.45, 7) is 8.92. The molecule has 3 unspecified atom stereocenters. The molecule has 0 aromatic heterocycles. The Bertz CT molecular complexity index is 272. The molecule has 1 saturated heterocycles. The first-order valence-electron chi connectivity index (χ1n) is 6.49. The average Bonchev–Trinajstić information content (AvgIpc) is 2.32. The molecule has 1 aliphatic rings. The van der Waals surface area contributed by atoms with E-state index in [9.17, 15) is 0 Å². The summed E-state index contributed by atoms with van der Waals surface area (Å²) in [7, 11) is 3.84. The van der Waals surface area contributed by atoms with E-state index in [-0.39, 0.29) is 6.04 Å². The molecule has 0 saturated carbocycles. The quantitative estimate of drug-likeness (QED) is 0.319. The Labute approximate surface area is 110 Å². The third-order valence-electron chi connectivity index (χ3n) is 3.54. The van der Waals surface area contributed by atoms with Gasteiger partial charge in [-0.3, -0.25) is 10.3 Å². The van der Waals surface area contributed by atoms with Crippen LogP contribution in [0.2, 0.25) is 0 Å². The highest BCUT2D eigenvalue weighted by molar-refractivity contribution is 5.79. The van der Waals surface area contributed by atoms with Crippen molar-refractivity contribution in [3.05, 3.63) is 0 Å². The van der Waals surface area contributed by atoms with Gasteiger partial charge in [-0.15, -0.1) is 0 Å². The second-order valence-electron chi connectivity index (χ2n) is 5.17. The molecular formula is C12H27N5O. The fraction of sp³-hybridized carbons (Fsp3) is 0.917. The molecule has 0 aromatic rings. The number of hydrazine groups is 1. The van der Waals surface area contributed by atoms with E-state index in [4.69, 9.17) is 10.6 Å². The standard InChI is InChI=1S/C12H27N5O/c1-9(8-18-5)14-12(15-13)17-6-10(2)16(4)11(3)7-17/h9-11H,6-8,13H2,1-5H3,(H,14,15). The minimum Gasteiger partial charge on any atom is -0.382 e. The molecule has 1 heterocycles. The zero-order valence-corrected chi connectivity index (χ0v) is 12.2. The fourth-order valence-electron chi connectivity index (χ4n) is 2.27. The molecule has 0 aliphatic carbocycles. The number of ether oxygens (including phenoxy) is 1. The third-order valence-corrected chi connectivity index (χ3v) is 3.54. The molecule has 0 amide bonds. The predicted octanol–water partition coefficient (Wildman–Crippen LogP) is -0.135. The van der Waals surface area contributed by atoms with Crippen molar-refractivity contribution in [1.29, 1.82) is 0 Å². The van der Waals surface area contributed by atoms with Crippen LogP contribution in [0.15, 0.2) is 4.99 Å². The maximum Gasteiger partial charge on any atom is 0.208 e. The van der Waals surface area contributed by atoms with Gasteiger partial charge in [-0.25, -0.2) is 10.8 Å². The highest BCUT2D eigenvalue weighted by Gasteiger charge is 2.28. The van der Waals surface area contributed by atoms with Crippen LogP contribution in [0.3, 0.4) is 0 Å². The van der Waals surface area contributed by atoms with E-state index < -0.39 is 0 Å². The molecule has 3 atom stereocenters. The van der Waals surface area contributed by atoms with E-state index in [0.29, 0.717) is 18.7 Å². The van der Waals surface area contributed by atoms with Crippen LogP contribution in [0.1, 0.15) is 20.8 Å². The Morgan fingerprint density at radius 3 is 2.44 bits per heavy atom. The van der Waals surface area contributed by atoms with Gasteiger partial charge in [0.15, 0.2) is 0 Å². The third kappa shape index (κ3) is 3.83. The normalized spacial score (nSPS) is 28.3. The number of guanidine groups is 1. The van der Waals surface area contributed by atoms with Crippen molar-refractivity contribution < 1.29 is 4.74 Å². The summed E-state index contributed by atoms with van der Waals surface area (Å²) in [6.07, 6.45) is 0. The van der Waals surface area contributed by atoms with E-state index in [1.807, 2.05) is 6.92 Å². The first-order valence-corrected chi connectivity index (χ1v) is 6.49. The van der Waals surface area contributed by atoms with Gasteiger partial charge in [-0.2, -0.15) is 0 Å². The van der Waals surface area contributed by atoms with Crippen LogP contribution in [0.25, 0.3) is 0 Å². The molecule has 6 nitrogen and oxygen atoms in total. The molecule has 0 bridgehead atoms. The number of methoxy groups -OCH3 is 1. The number of piperazine rings is 1. The van der Waals surface area contributed by atoms with Crippen LogP contribution in [0.4, 0.5) is 0 Å². The minimum absolute atomic E-state index is 0.103. The summed E-state index contributed by atoms with van der Waals surface area (Å²) in [6, 6.07) is 1.08. The lowest BCUT2D eigenvalue weighted by Crippen LogP contribution is -2.59. The van der Waals surface area contributed by atoms with E-state index in [1.54, 1.807) is 7.11 Å². The van der Waals surface area contributed by atoms with E-state index in [0.717, 1.165) is 19.0 Å². The van der Waals surface area contributed by atoms with Crippen molar-refractivity contribution in [2.45, 2.75) is 38.9 Å². The first-order chi connectivity index (χ1) is 8.49. The van der Waals surface area contributed by atoms with Crippen molar-refractivity contribution in [3.8, 4) is 0 Å². The van der Waals surface area contributed by atoms with E-state index in [2.05, 4.69) is 41.1 Å². The highest BCUT2D eigenvalue weighted by atomic mass is 16.5. The van der Waals surface area contributed by atoms with Crippen LogP contribution in [0, 0.1) is 0 Å². The number of hydrogen-bond acceptors (Lipinski definition) is 4. The van der Waals surface area contributed by atoms with Gasteiger partial charge in [-0.05, 0) is 27.8 Å². The number of nitrogens with zero attached hydrogens (tertiary/aromatic N) is 3. The highest BCUT2D eigenvalue weighted by Crippen LogP contribution is 2.13. The Morgan fingerprint density at radius 2 is 2.00 bits per heavy atom. The maximum atomic E-state index is 5.60. The predicted molar refractivity (Wildman–Crippen MR) is 74.4 cm³/mol. The first kappa shape index (κ1) is 15.2. The summed E-state index contributed by atoms with van der Waals surface area (Å²) in [5.41, 5.74) is 2.72. The summed E-state index contributed by atoms with van der Waals surface area (Å²) < 4.78 is 5.09. The zero-order valence-electron chi connectivity index (χ0n) is 12.2. The summed E-state index contributed by atoms with van der Waals surface area (Å²) >= 11 is 0. The van der Waals surface area contributed by atoms with E-state index >= 15 is 0 Å².